The fourth-order valence-electron chi connectivity index (χ4n) is 1.95. The van der Waals surface area contributed by atoms with E-state index in [4.69, 9.17) is 0 Å². The number of nitrogens with zero attached hydrogens (tertiary/aromatic N) is 2. The summed E-state index contributed by atoms with van der Waals surface area (Å²) in [5, 5.41) is 0. The van der Waals surface area contributed by atoms with E-state index in [2.05, 4.69) is 33.8 Å². The molecule has 2 heterocycles. The third kappa shape index (κ3) is 9.85. The van der Waals surface area contributed by atoms with E-state index in [0.717, 1.165) is 24.5 Å². The summed E-state index contributed by atoms with van der Waals surface area (Å²) in [4.78, 5) is 14.4. The monoisotopic (exact) mass is 294 g/mol. The molecule has 4 N–H and O–H groups in total. The number of hydrogen-bond donors (Lipinski definition) is 2. The Morgan fingerprint density at radius 1 is 0.762 bits per heavy atom. The fraction of sp³-hybridized carbons (Fsp3) is 0.625. The number of aryl methyl sites for hydroxylation is 2. The topological polar surface area (TPSA) is 88.9 Å². The lowest BCUT2D eigenvalue weighted by molar-refractivity contribution is 0.699. The minimum Gasteiger partial charge on any atom is -0.412 e. The van der Waals surface area contributed by atoms with Gasteiger partial charge in [-0.3, -0.25) is 0 Å². The predicted octanol–water partition coefficient (Wildman–Crippen LogP) is 3.46. The lowest BCUT2D eigenvalue weighted by Gasteiger charge is -1.93. The van der Waals surface area contributed by atoms with Gasteiger partial charge in [0.05, 0.1) is 0 Å². The standard InChI is InChI=1S/2C8H14N2.H2O/c2*1-2-3-4-5-8-9-6-7-10-8;/h2*6-7H,2-5H2,1H3,(H,9,10);1H2. The number of imidazole rings is 2. The second-order valence-electron chi connectivity index (χ2n) is 4.99. The van der Waals surface area contributed by atoms with Crippen molar-refractivity contribution in [2.24, 2.45) is 0 Å². The van der Waals surface area contributed by atoms with Crippen LogP contribution in [0.25, 0.3) is 0 Å². The number of nitrogens with one attached hydrogen (secondary N) is 2. The summed E-state index contributed by atoms with van der Waals surface area (Å²) in [5.41, 5.74) is 0. The Morgan fingerprint density at radius 2 is 1.19 bits per heavy atom. The van der Waals surface area contributed by atoms with Crippen LogP contribution in [0.4, 0.5) is 0 Å². The van der Waals surface area contributed by atoms with Crippen molar-refractivity contribution in [3.05, 3.63) is 36.4 Å². The Kier molecular flexibility index (Phi) is 12.3. The maximum Gasteiger partial charge on any atom is 0.105 e. The van der Waals surface area contributed by atoms with Crippen LogP contribution in [-0.2, 0) is 12.8 Å². The first-order valence-electron chi connectivity index (χ1n) is 7.83. The molecular formula is C16H30N4O. The Balaban J connectivity index is 0.000000364. The zero-order valence-corrected chi connectivity index (χ0v) is 13.4. The minimum atomic E-state index is 0. The summed E-state index contributed by atoms with van der Waals surface area (Å²) in [6.07, 6.45) is 17.2. The van der Waals surface area contributed by atoms with Gasteiger partial charge in [0, 0.05) is 37.6 Å². The number of H-pyrrole nitrogens is 2. The summed E-state index contributed by atoms with van der Waals surface area (Å²) in [6.45, 7) is 4.42. The molecule has 0 saturated heterocycles. The maximum atomic E-state index is 4.13. The minimum absolute atomic E-state index is 0. The number of unbranched alkanes of at least 4 members (excludes halogenated alkanes) is 4. The zero-order valence-electron chi connectivity index (χ0n) is 13.4. The van der Waals surface area contributed by atoms with Crippen molar-refractivity contribution < 1.29 is 5.48 Å². The molecule has 0 amide bonds. The van der Waals surface area contributed by atoms with E-state index in [0.29, 0.717) is 0 Å². The number of aromatic amines is 2. The van der Waals surface area contributed by atoms with Crippen molar-refractivity contribution in [1.82, 2.24) is 19.9 Å². The molecule has 2 rings (SSSR count). The molecule has 2 aromatic rings. The maximum absolute atomic E-state index is 4.13. The van der Waals surface area contributed by atoms with Crippen molar-refractivity contribution >= 4 is 0 Å². The molecule has 0 bridgehead atoms. The first-order chi connectivity index (χ1) is 9.86. The lowest BCUT2D eigenvalue weighted by atomic mass is 10.2. The van der Waals surface area contributed by atoms with Gasteiger partial charge < -0.3 is 15.4 Å². The lowest BCUT2D eigenvalue weighted by Crippen LogP contribution is -1.86. The molecule has 0 aromatic carbocycles. The molecule has 0 unspecified atom stereocenters. The molecule has 0 atom stereocenters. The van der Waals surface area contributed by atoms with E-state index in [9.17, 15) is 0 Å². The van der Waals surface area contributed by atoms with Gasteiger partial charge in [0.1, 0.15) is 11.6 Å². The van der Waals surface area contributed by atoms with Crippen LogP contribution in [0.3, 0.4) is 0 Å². The van der Waals surface area contributed by atoms with Crippen molar-refractivity contribution in [1.29, 1.82) is 0 Å². The highest BCUT2D eigenvalue weighted by Gasteiger charge is 1.92. The number of hydrogen-bond acceptors (Lipinski definition) is 2. The molecule has 21 heavy (non-hydrogen) atoms. The Labute approximate surface area is 127 Å². The van der Waals surface area contributed by atoms with Crippen molar-refractivity contribution in [2.75, 3.05) is 0 Å². The molecule has 0 aliphatic carbocycles. The summed E-state index contributed by atoms with van der Waals surface area (Å²) in [7, 11) is 0. The molecule has 120 valence electrons. The van der Waals surface area contributed by atoms with Crippen LogP contribution in [0.5, 0.6) is 0 Å². The first kappa shape index (κ1) is 19.4. The second-order valence-corrected chi connectivity index (χ2v) is 4.99. The van der Waals surface area contributed by atoms with Crippen LogP contribution >= 0.6 is 0 Å². The molecule has 2 aromatic heterocycles. The molecule has 0 fully saturated rings. The van der Waals surface area contributed by atoms with Gasteiger partial charge in [0.25, 0.3) is 0 Å². The van der Waals surface area contributed by atoms with Gasteiger partial charge in [-0.2, -0.15) is 0 Å². The average Bonchev–Trinajstić information content (AvgIpc) is 3.13. The third-order valence-electron chi connectivity index (χ3n) is 3.14. The zero-order chi connectivity index (χ0) is 14.5. The van der Waals surface area contributed by atoms with Crippen LogP contribution in [-0.4, -0.2) is 25.4 Å². The van der Waals surface area contributed by atoms with E-state index in [1.54, 1.807) is 12.4 Å². The van der Waals surface area contributed by atoms with Crippen LogP contribution < -0.4 is 0 Å². The average molecular weight is 294 g/mol. The second kappa shape index (κ2) is 13.4. The van der Waals surface area contributed by atoms with E-state index in [1.165, 1.54) is 38.5 Å². The van der Waals surface area contributed by atoms with E-state index < -0.39 is 0 Å². The van der Waals surface area contributed by atoms with Crippen LogP contribution in [0.15, 0.2) is 24.8 Å². The summed E-state index contributed by atoms with van der Waals surface area (Å²) in [5.74, 6) is 2.24. The molecule has 0 aliphatic rings. The van der Waals surface area contributed by atoms with E-state index in [-0.39, 0.29) is 5.48 Å². The fourth-order valence-corrected chi connectivity index (χ4v) is 1.95. The summed E-state index contributed by atoms with van der Waals surface area (Å²) in [6, 6.07) is 0. The van der Waals surface area contributed by atoms with Crippen molar-refractivity contribution in [3.8, 4) is 0 Å². The van der Waals surface area contributed by atoms with Crippen LogP contribution in [0, 0.1) is 0 Å². The highest BCUT2D eigenvalue weighted by atomic mass is 16.0. The first-order valence-corrected chi connectivity index (χ1v) is 7.83. The molecular weight excluding hydrogens is 264 g/mol. The molecule has 0 spiro atoms. The van der Waals surface area contributed by atoms with E-state index >= 15 is 0 Å². The van der Waals surface area contributed by atoms with Crippen molar-refractivity contribution in [3.63, 3.8) is 0 Å². The third-order valence-corrected chi connectivity index (χ3v) is 3.14. The van der Waals surface area contributed by atoms with Gasteiger partial charge in [0.2, 0.25) is 0 Å². The number of aromatic nitrogens is 4. The van der Waals surface area contributed by atoms with Gasteiger partial charge in [-0.15, -0.1) is 0 Å². The van der Waals surface area contributed by atoms with Crippen LogP contribution in [0.1, 0.15) is 64.0 Å². The predicted molar refractivity (Wildman–Crippen MR) is 87.2 cm³/mol. The molecule has 0 aliphatic heterocycles. The highest BCUT2D eigenvalue weighted by Crippen LogP contribution is 2.00. The summed E-state index contributed by atoms with van der Waals surface area (Å²) >= 11 is 0. The Hall–Kier alpha value is -1.62. The smallest absolute Gasteiger partial charge is 0.105 e. The normalized spacial score (nSPS) is 9.62. The molecule has 5 heteroatoms. The molecule has 5 nitrogen and oxygen atoms in total. The van der Waals surface area contributed by atoms with Gasteiger partial charge in [-0.1, -0.05) is 39.5 Å². The Morgan fingerprint density at radius 3 is 1.48 bits per heavy atom. The van der Waals surface area contributed by atoms with Gasteiger partial charge in [-0.25, -0.2) is 9.97 Å². The molecule has 0 saturated carbocycles. The van der Waals surface area contributed by atoms with E-state index in [1.807, 2.05) is 12.4 Å². The highest BCUT2D eigenvalue weighted by molar-refractivity contribution is 4.87. The number of rotatable bonds is 8. The van der Waals surface area contributed by atoms with Gasteiger partial charge in [0.15, 0.2) is 0 Å². The van der Waals surface area contributed by atoms with Gasteiger partial charge in [-0.05, 0) is 12.8 Å². The Bertz CT molecular complexity index is 358. The summed E-state index contributed by atoms with van der Waals surface area (Å²) < 4.78 is 0. The largest absolute Gasteiger partial charge is 0.412 e. The van der Waals surface area contributed by atoms with Gasteiger partial charge >= 0.3 is 0 Å². The van der Waals surface area contributed by atoms with Crippen LogP contribution in [0.2, 0.25) is 0 Å². The van der Waals surface area contributed by atoms with Crippen molar-refractivity contribution in [2.45, 2.75) is 65.2 Å². The molecule has 0 radical (unpaired) electrons. The SMILES string of the molecule is CCCCCc1ncc[nH]1.CCCCCc1ncc[nH]1.O. The quantitative estimate of drug-likeness (QED) is 0.730.